The molecule has 0 saturated heterocycles. The van der Waals surface area contributed by atoms with Crippen molar-refractivity contribution in [1.82, 2.24) is 4.57 Å². The van der Waals surface area contributed by atoms with Crippen LogP contribution in [0.5, 0.6) is 0 Å². The first-order valence-electron chi connectivity index (χ1n) is 45.9. The van der Waals surface area contributed by atoms with Gasteiger partial charge in [0.1, 0.15) is 0 Å². The Kier molecular flexibility index (Phi) is 17.9. The first-order valence-corrected chi connectivity index (χ1v) is 49.2. The zero-order chi connectivity index (χ0) is 88.6. The van der Waals surface area contributed by atoms with E-state index < -0.39 is 0 Å². The molecule has 17 aromatic carbocycles. The second kappa shape index (κ2) is 29.0. The summed E-state index contributed by atoms with van der Waals surface area (Å²) in [5, 5.41) is 13.4. The predicted molar refractivity (Wildman–Crippen MR) is 567 cm³/mol. The molecule has 5 heterocycles. The fraction of sp³-hybridized carbons (Fsp3) is 0.171. The Hall–Kier alpha value is -13.0. The Balaban J connectivity index is 0.000000109. The molecule has 0 amide bonds. The van der Waals surface area contributed by atoms with E-state index in [-0.39, 0.29) is 37.9 Å². The number of anilines is 6. The van der Waals surface area contributed by atoms with Crippen molar-refractivity contribution in [2.75, 3.05) is 9.80 Å². The third-order valence-electron chi connectivity index (χ3n) is 32.0. The molecule has 0 atom stereocenters. The number of thiophene rings is 4. The Labute approximate surface area is 777 Å². The van der Waals surface area contributed by atoms with Gasteiger partial charge in [-0.1, -0.05) is 327 Å². The van der Waals surface area contributed by atoms with E-state index in [2.05, 4.69) is 469 Å². The molecule has 0 N–H and O–H groups in total. The molecule has 0 bridgehead atoms. The van der Waals surface area contributed by atoms with Crippen molar-refractivity contribution in [3.63, 3.8) is 0 Å². The molecule has 4 aliphatic rings. The van der Waals surface area contributed by atoms with Crippen LogP contribution in [0.1, 0.15) is 141 Å². The number of hydrogen-bond acceptors (Lipinski definition) is 6. The molecule has 0 aliphatic heterocycles. The summed E-state index contributed by atoms with van der Waals surface area (Å²) in [6.07, 6.45) is 0. The summed E-state index contributed by atoms with van der Waals surface area (Å²) < 4.78 is 13.4. The summed E-state index contributed by atoms with van der Waals surface area (Å²) >= 11 is 7.69. The lowest BCUT2D eigenvalue weighted by molar-refractivity contribution is 0.299. The van der Waals surface area contributed by atoms with Gasteiger partial charge in [0.05, 0.1) is 11.0 Å². The Morgan fingerprint density at radius 3 is 0.938 bits per heavy atom. The lowest BCUT2D eigenvalue weighted by Crippen LogP contribution is -2.43. The Morgan fingerprint density at radius 1 is 0.192 bits per heavy atom. The van der Waals surface area contributed by atoms with Crippen molar-refractivity contribution in [2.24, 2.45) is 0 Å². The van der Waals surface area contributed by atoms with Crippen LogP contribution in [0.15, 0.2) is 358 Å². The van der Waals surface area contributed by atoms with Gasteiger partial charge in [0.15, 0.2) is 0 Å². The average Bonchev–Trinajstić information content (AvgIpc) is 1.68. The summed E-state index contributed by atoms with van der Waals surface area (Å²) in [6, 6.07) is 134. The molecule has 0 saturated carbocycles. The highest BCUT2D eigenvalue weighted by Crippen LogP contribution is 2.63. The van der Waals surface area contributed by atoms with E-state index in [1.165, 1.54) is 226 Å². The zero-order valence-electron chi connectivity index (χ0n) is 76.0. The summed E-state index contributed by atoms with van der Waals surface area (Å²) in [4.78, 5) is 4.89. The summed E-state index contributed by atoms with van der Waals surface area (Å²) in [6.45, 7) is 34.0. The minimum absolute atomic E-state index is 0.0286. The lowest BCUT2D eigenvalue weighted by atomic mass is 9.55. The van der Waals surface area contributed by atoms with Gasteiger partial charge in [0, 0.05) is 153 Å². The molecule has 7 heteroatoms. The van der Waals surface area contributed by atoms with Gasteiger partial charge in [0.25, 0.3) is 0 Å². The molecule has 130 heavy (non-hydrogen) atoms. The van der Waals surface area contributed by atoms with Crippen LogP contribution in [0.2, 0.25) is 0 Å². The molecule has 0 unspecified atom stereocenters. The molecule has 0 radical (unpaired) electrons. The fourth-order valence-electron chi connectivity index (χ4n) is 22.9. The number of aromatic nitrogens is 1. The van der Waals surface area contributed by atoms with Crippen molar-refractivity contribution in [3.8, 4) is 50.2 Å². The van der Waals surface area contributed by atoms with Crippen LogP contribution >= 0.6 is 45.3 Å². The number of nitrogens with zero attached hydrogens (tertiary/aromatic N) is 3. The van der Waals surface area contributed by atoms with Crippen LogP contribution in [0.25, 0.3) is 153 Å². The monoisotopic (exact) mass is 1750 g/mol. The van der Waals surface area contributed by atoms with Crippen molar-refractivity contribution < 1.29 is 0 Å². The van der Waals surface area contributed by atoms with Gasteiger partial charge in [-0.15, -0.1) is 45.3 Å². The summed E-state index contributed by atoms with van der Waals surface area (Å²) in [5.74, 6) is 0. The maximum Gasteiger partial charge on any atom is 0.0541 e. The van der Waals surface area contributed by atoms with Gasteiger partial charge in [-0.05, 0) is 232 Å². The van der Waals surface area contributed by atoms with Crippen LogP contribution < -0.4 is 9.80 Å². The fourth-order valence-corrected chi connectivity index (χ4v) is 27.8. The van der Waals surface area contributed by atoms with E-state index in [0.29, 0.717) is 0 Å². The number of para-hydroxylation sites is 4. The number of rotatable bonds is 7. The number of benzene rings is 17. The SMILES string of the molecule is CC1(C)c2cc(-n3c4ccccc4c4ccccc43)ccc2-c2c(ccc3c2sc2ccccc23)C1(C)C.CC1(C)c2cc(N(c3ccccc3)c3ccc4sc5ccccc5c4c3)ccc2-c2c(ccc3c2sc2ccccc23)C1(C)C.CC1(C)c2ccccc2-c2ccc(N(c3ccccc3)c3ccc4c(c3)C(C)(C)C(C)(C)c3ccc5c(sc6ccccc65)c3-4)cc21. The molecule has 5 aromatic heterocycles. The van der Waals surface area contributed by atoms with Gasteiger partial charge in [-0.2, -0.15) is 0 Å². The molecule has 0 spiro atoms. The largest absolute Gasteiger partial charge is 0.310 e. The van der Waals surface area contributed by atoms with E-state index in [9.17, 15) is 0 Å². The topological polar surface area (TPSA) is 11.4 Å². The minimum Gasteiger partial charge on any atom is -0.310 e. The van der Waals surface area contributed by atoms with Crippen molar-refractivity contribution in [3.05, 3.63) is 402 Å². The molecule has 3 nitrogen and oxygen atoms in total. The summed E-state index contributed by atoms with van der Waals surface area (Å²) in [7, 11) is 0. The Morgan fingerprint density at radius 2 is 0.500 bits per heavy atom. The molecular weight excluding hydrogens is 1650 g/mol. The second-order valence-corrected chi connectivity index (χ2v) is 44.5. The van der Waals surface area contributed by atoms with Gasteiger partial charge in [-0.25, -0.2) is 0 Å². The van der Waals surface area contributed by atoms with E-state index in [0.717, 1.165) is 5.69 Å². The quantitative estimate of drug-likeness (QED) is 0.158. The first-order chi connectivity index (χ1) is 62.8. The predicted octanol–water partition coefficient (Wildman–Crippen LogP) is 36.6. The van der Waals surface area contributed by atoms with Crippen molar-refractivity contribution in [1.29, 1.82) is 0 Å². The van der Waals surface area contributed by atoms with E-state index >= 15 is 0 Å². The van der Waals surface area contributed by atoms with Gasteiger partial charge >= 0.3 is 0 Å². The average molecular weight is 1750 g/mol. The van der Waals surface area contributed by atoms with E-state index in [4.69, 9.17) is 0 Å². The third-order valence-corrected chi connectivity index (χ3v) is 36.8. The standard InChI is InChI=1S/C45H39NS.C42H33NS2.C36H29NS/c1-43(2)36-18-12-10-16-31(36)32-22-20-29(26-38(32)43)46(28-14-8-7-9-15-28)30-21-23-35-39(27-30)45(5,6)44(3,4)37-25-24-34-33-17-11-13-19-40(33)47-42(34)41(35)37;1-41(2)34-22-21-31-29-14-8-11-17-37(29)45-40(31)39(34)32-20-18-28(25-35(32)42(41,3)4)43(26-12-6-5-7-13-26)27-19-23-38-33(24-27)30-15-9-10-16-36(30)44-38;1-35(2)28-20-19-26-25-13-7-10-16-32(25)38-34(26)33(28)27-18-17-22(21-29(27)36(35,3)4)37-30-14-8-5-11-23(30)24-12-6-9-15-31(24)37/h7-27H,1-6H3;5-25H,1-4H3;5-21H,1-4H3. The Bertz CT molecular complexity index is 8420. The van der Waals surface area contributed by atoms with Crippen LogP contribution in [-0.4, -0.2) is 4.57 Å². The van der Waals surface area contributed by atoms with E-state index in [1.54, 1.807) is 0 Å². The summed E-state index contributed by atoms with van der Waals surface area (Å²) in [5.41, 5.74) is 32.8. The van der Waals surface area contributed by atoms with E-state index in [1.807, 2.05) is 45.3 Å². The van der Waals surface area contributed by atoms with Crippen LogP contribution in [-0.2, 0) is 37.9 Å². The number of fused-ring (bicyclic) bond motifs is 30. The van der Waals surface area contributed by atoms with Gasteiger partial charge in [0.2, 0.25) is 0 Å². The van der Waals surface area contributed by atoms with Crippen molar-refractivity contribution >= 4 is 182 Å². The third kappa shape index (κ3) is 11.6. The molecule has 632 valence electrons. The second-order valence-electron chi connectivity index (χ2n) is 40.2. The first kappa shape index (κ1) is 80.3. The van der Waals surface area contributed by atoms with Gasteiger partial charge < -0.3 is 14.4 Å². The molecule has 0 fully saturated rings. The van der Waals surface area contributed by atoms with Gasteiger partial charge in [-0.3, -0.25) is 0 Å². The lowest BCUT2D eigenvalue weighted by Gasteiger charge is -2.48. The van der Waals surface area contributed by atoms with Crippen LogP contribution in [0, 0.1) is 0 Å². The van der Waals surface area contributed by atoms with Crippen LogP contribution in [0.4, 0.5) is 34.1 Å². The molecular formula is C123H101N3S4. The highest BCUT2D eigenvalue weighted by molar-refractivity contribution is 7.27. The zero-order valence-corrected chi connectivity index (χ0v) is 79.3. The normalized spacial score (nSPS) is 15.7. The highest BCUT2D eigenvalue weighted by Gasteiger charge is 2.51. The maximum atomic E-state index is 2.49. The maximum absolute atomic E-state index is 2.49. The number of hydrogen-bond donors (Lipinski definition) is 0. The smallest absolute Gasteiger partial charge is 0.0541 e. The molecule has 26 rings (SSSR count). The minimum atomic E-state index is -0.0976. The van der Waals surface area contributed by atoms with Crippen molar-refractivity contribution in [2.45, 2.75) is 135 Å². The molecule has 4 aliphatic carbocycles. The van der Waals surface area contributed by atoms with Crippen LogP contribution in [0.3, 0.4) is 0 Å². The highest BCUT2D eigenvalue weighted by atomic mass is 32.1. The molecule has 22 aromatic rings.